The second-order valence-electron chi connectivity index (χ2n) is 6.67. The zero-order chi connectivity index (χ0) is 18.7. The molecule has 0 N–H and O–H groups in total. The lowest BCUT2D eigenvalue weighted by atomic mass is 10.2. The van der Waals surface area contributed by atoms with Gasteiger partial charge in [-0.3, -0.25) is 4.79 Å². The standard InChI is InChI=1S/C19H24N2O4S/c1-15-12-18(13-19(22)20(15)2)25-17-8-10-21(14-17)26(23,24)11-9-16-6-4-3-5-7-16/h3-7,12-13,17H,8-11,14H2,1-2H3/t17-/m1/s1. The highest BCUT2D eigenvalue weighted by atomic mass is 32.2. The van der Waals surface area contributed by atoms with Crippen molar-refractivity contribution in [3.63, 3.8) is 0 Å². The summed E-state index contributed by atoms with van der Waals surface area (Å²) in [6, 6.07) is 12.8. The second-order valence-corrected chi connectivity index (χ2v) is 8.76. The predicted molar refractivity (Wildman–Crippen MR) is 101 cm³/mol. The molecule has 7 heteroatoms. The van der Waals surface area contributed by atoms with E-state index in [4.69, 9.17) is 4.74 Å². The summed E-state index contributed by atoms with van der Waals surface area (Å²) in [6.45, 7) is 2.61. The molecule has 1 aliphatic heterocycles. The van der Waals surface area contributed by atoms with Gasteiger partial charge in [0.2, 0.25) is 10.0 Å². The van der Waals surface area contributed by atoms with Gasteiger partial charge in [0.1, 0.15) is 11.9 Å². The smallest absolute Gasteiger partial charge is 0.254 e. The number of nitrogens with zero attached hydrogens (tertiary/aromatic N) is 2. The van der Waals surface area contributed by atoms with Gasteiger partial charge in [-0.1, -0.05) is 30.3 Å². The van der Waals surface area contributed by atoms with Crippen LogP contribution in [0.2, 0.25) is 0 Å². The van der Waals surface area contributed by atoms with Gasteiger partial charge in [-0.15, -0.1) is 0 Å². The van der Waals surface area contributed by atoms with E-state index in [0.29, 0.717) is 31.7 Å². The molecule has 3 rings (SSSR count). The molecule has 1 aromatic carbocycles. The van der Waals surface area contributed by atoms with Crippen molar-refractivity contribution in [3.05, 3.63) is 64.1 Å². The summed E-state index contributed by atoms with van der Waals surface area (Å²) in [5.74, 6) is 0.591. The number of ether oxygens (including phenoxy) is 1. The summed E-state index contributed by atoms with van der Waals surface area (Å²) in [7, 11) is -1.61. The number of hydrogen-bond donors (Lipinski definition) is 0. The van der Waals surface area contributed by atoms with Gasteiger partial charge in [-0.2, -0.15) is 4.31 Å². The maximum absolute atomic E-state index is 12.6. The average Bonchev–Trinajstić information content (AvgIpc) is 3.08. The van der Waals surface area contributed by atoms with Crippen molar-refractivity contribution in [3.8, 4) is 5.75 Å². The zero-order valence-electron chi connectivity index (χ0n) is 15.1. The number of sulfonamides is 1. The highest BCUT2D eigenvalue weighted by molar-refractivity contribution is 7.89. The van der Waals surface area contributed by atoms with E-state index in [1.807, 2.05) is 37.3 Å². The summed E-state index contributed by atoms with van der Waals surface area (Å²) in [4.78, 5) is 11.9. The maximum Gasteiger partial charge on any atom is 0.254 e. The third kappa shape index (κ3) is 4.34. The van der Waals surface area contributed by atoms with E-state index in [9.17, 15) is 13.2 Å². The Morgan fingerprint density at radius 1 is 1.19 bits per heavy atom. The topological polar surface area (TPSA) is 68.6 Å². The van der Waals surface area contributed by atoms with Crippen molar-refractivity contribution in [1.82, 2.24) is 8.87 Å². The minimum atomic E-state index is -3.32. The molecule has 1 fully saturated rings. The molecule has 2 aromatic rings. The van der Waals surface area contributed by atoms with Gasteiger partial charge in [-0.05, 0) is 31.4 Å². The van der Waals surface area contributed by atoms with Crippen molar-refractivity contribution in [1.29, 1.82) is 0 Å². The Kier molecular flexibility index (Phi) is 5.48. The maximum atomic E-state index is 12.6. The fourth-order valence-electron chi connectivity index (χ4n) is 3.06. The third-order valence-electron chi connectivity index (χ3n) is 4.77. The minimum absolute atomic E-state index is 0.0920. The summed E-state index contributed by atoms with van der Waals surface area (Å²) < 4.78 is 34.0. The first-order chi connectivity index (χ1) is 12.3. The van der Waals surface area contributed by atoms with Crippen LogP contribution in [0.25, 0.3) is 0 Å². The molecule has 0 bridgehead atoms. The first-order valence-electron chi connectivity index (χ1n) is 8.71. The molecular weight excluding hydrogens is 352 g/mol. The van der Waals surface area contributed by atoms with Crippen LogP contribution in [0.15, 0.2) is 47.3 Å². The molecular formula is C19H24N2O4S. The Balaban J connectivity index is 1.60. The van der Waals surface area contributed by atoms with E-state index in [1.54, 1.807) is 17.7 Å². The minimum Gasteiger partial charge on any atom is -0.489 e. The Morgan fingerprint density at radius 2 is 1.92 bits per heavy atom. The molecule has 0 unspecified atom stereocenters. The molecule has 0 aliphatic carbocycles. The van der Waals surface area contributed by atoms with Crippen LogP contribution in [-0.4, -0.2) is 42.2 Å². The zero-order valence-corrected chi connectivity index (χ0v) is 15.9. The Bertz CT molecular complexity index is 922. The molecule has 0 saturated carbocycles. The van der Waals surface area contributed by atoms with E-state index in [2.05, 4.69) is 0 Å². The van der Waals surface area contributed by atoms with Crippen LogP contribution < -0.4 is 10.3 Å². The fraction of sp³-hybridized carbons (Fsp3) is 0.421. The number of pyridine rings is 1. The molecule has 1 aliphatic rings. The van der Waals surface area contributed by atoms with Crippen molar-refractivity contribution >= 4 is 10.0 Å². The highest BCUT2D eigenvalue weighted by Gasteiger charge is 2.32. The van der Waals surface area contributed by atoms with Gasteiger partial charge in [0.25, 0.3) is 5.56 Å². The summed E-state index contributed by atoms with van der Waals surface area (Å²) in [5.41, 5.74) is 1.68. The molecule has 2 heterocycles. The highest BCUT2D eigenvalue weighted by Crippen LogP contribution is 2.21. The number of aryl methyl sites for hydroxylation is 2. The first-order valence-corrected chi connectivity index (χ1v) is 10.3. The molecule has 0 amide bonds. The fourth-order valence-corrected chi connectivity index (χ4v) is 4.59. The Morgan fingerprint density at radius 3 is 2.62 bits per heavy atom. The Hall–Kier alpha value is -2.12. The van der Waals surface area contributed by atoms with Gasteiger partial charge < -0.3 is 9.30 Å². The third-order valence-corrected chi connectivity index (χ3v) is 6.61. The largest absolute Gasteiger partial charge is 0.489 e. The number of benzene rings is 1. The number of aromatic nitrogens is 1. The molecule has 6 nitrogen and oxygen atoms in total. The first kappa shape index (κ1) is 18.7. The summed E-state index contributed by atoms with van der Waals surface area (Å²) in [5, 5.41) is 0. The van der Waals surface area contributed by atoms with Gasteiger partial charge in [0, 0.05) is 25.4 Å². The predicted octanol–water partition coefficient (Wildman–Crippen LogP) is 1.72. The van der Waals surface area contributed by atoms with Crippen LogP contribution in [0, 0.1) is 6.92 Å². The molecule has 1 atom stereocenters. The molecule has 0 radical (unpaired) electrons. The normalized spacial score (nSPS) is 18.2. The van der Waals surface area contributed by atoms with Crippen molar-refractivity contribution < 1.29 is 13.2 Å². The molecule has 140 valence electrons. The molecule has 1 aromatic heterocycles. The molecule has 26 heavy (non-hydrogen) atoms. The Labute approximate surface area is 154 Å². The van der Waals surface area contributed by atoms with Crippen LogP contribution >= 0.6 is 0 Å². The van der Waals surface area contributed by atoms with E-state index < -0.39 is 10.0 Å². The van der Waals surface area contributed by atoms with Crippen LogP contribution in [0.5, 0.6) is 5.75 Å². The van der Waals surface area contributed by atoms with Crippen molar-refractivity contribution in [2.24, 2.45) is 7.05 Å². The van der Waals surface area contributed by atoms with Crippen LogP contribution in [0.1, 0.15) is 17.7 Å². The van der Waals surface area contributed by atoms with Crippen LogP contribution in [0.4, 0.5) is 0 Å². The lowest BCUT2D eigenvalue weighted by Crippen LogP contribution is -2.33. The monoisotopic (exact) mass is 376 g/mol. The van der Waals surface area contributed by atoms with E-state index in [0.717, 1.165) is 11.3 Å². The average molecular weight is 376 g/mol. The van der Waals surface area contributed by atoms with E-state index >= 15 is 0 Å². The SMILES string of the molecule is Cc1cc(O[C@@H]2CCN(S(=O)(=O)CCc3ccccc3)C2)cc(=O)n1C. The van der Waals surface area contributed by atoms with Gasteiger partial charge in [-0.25, -0.2) is 8.42 Å². The van der Waals surface area contributed by atoms with Gasteiger partial charge in [0.15, 0.2) is 0 Å². The molecule has 0 spiro atoms. The lowest BCUT2D eigenvalue weighted by Gasteiger charge is -2.17. The number of rotatable bonds is 6. The quantitative estimate of drug-likeness (QED) is 0.770. The summed E-state index contributed by atoms with van der Waals surface area (Å²) >= 11 is 0. The van der Waals surface area contributed by atoms with E-state index in [-0.39, 0.29) is 17.4 Å². The second kappa shape index (κ2) is 7.63. The molecule has 1 saturated heterocycles. The van der Waals surface area contributed by atoms with Crippen LogP contribution in [0.3, 0.4) is 0 Å². The van der Waals surface area contributed by atoms with Gasteiger partial charge >= 0.3 is 0 Å². The number of hydrogen-bond acceptors (Lipinski definition) is 4. The van der Waals surface area contributed by atoms with Crippen LogP contribution in [-0.2, 0) is 23.5 Å². The summed E-state index contributed by atoms with van der Waals surface area (Å²) in [6.07, 6.45) is 0.894. The van der Waals surface area contributed by atoms with Crippen molar-refractivity contribution in [2.75, 3.05) is 18.8 Å². The van der Waals surface area contributed by atoms with E-state index in [1.165, 1.54) is 10.4 Å². The van der Waals surface area contributed by atoms with Gasteiger partial charge in [0.05, 0.1) is 12.3 Å². The lowest BCUT2D eigenvalue weighted by molar-refractivity contribution is 0.214. The van der Waals surface area contributed by atoms with Crippen molar-refractivity contribution in [2.45, 2.75) is 25.9 Å².